The first-order valence-electron chi connectivity index (χ1n) is 7.94. The van der Waals surface area contributed by atoms with E-state index >= 15 is 0 Å². The molecule has 0 bridgehead atoms. The Kier molecular flexibility index (Phi) is 4.31. The molecule has 1 aromatic rings. The highest BCUT2D eigenvalue weighted by Crippen LogP contribution is 2.47. The fraction of sp³-hybridized carbons (Fsp3) is 0.688. The van der Waals surface area contributed by atoms with Gasteiger partial charge in [-0.1, -0.05) is 6.92 Å². The number of nitrogens with zero attached hydrogens (tertiary/aromatic N) is 1. The number of rotatable bonds is 6. The Labute approximate surface area is 125 Å². The molecule has 1 aliphatic carbocycles. The summed E-state index contributed by atoms with van der Waals surface area (Å²) in [7, 11) is 0. The largest absolute Gasteiger partial charge is 0.464 e. The number of carbonyl (C=O) groups excluding carboxylic acids is 1. The van der Waals surface area contributed by atoms with Gasteiger partial charge in [0.1, 0.15) is 11.5 Å². The van der Waals surface area contributed by atoms with Crippen LogP contribution in [0.25, 0.3) is 0 Å². The molecule has 2 aliphatic rings. The molecule has 1 aliphatic heterocycles. The fourth-order valence-corrected chi connectivity index (χ4v) is 3.17. The van der Waals surface area contributed by atoms with Crippen LogP contribution in [0.5, 0.6) is 0 Å². The lowest BCUT2D eigenvalue weighted by atomic mass is 10.1. The van der Waals surface area contributed by atoms with Crippen molar-refractivity contribution in [1.82, 2.24) is 10.2 Å². The molecule has 3 N–H and O–H groups in total. The first kappa shape index (κ1) is 14.6. The van der Waals surface area contributed by atoms with E-state index in [-0.39, 0.29) is 5.91 Å². The second-order valence-corrected chi connectivity index (χ2v) is 6.52. The average molecular weight is 291 g/mol. The Morgan fingerprint density at radius 3 is 2.76 bits per heavy atom. The molecule has 21 heavy (non-hydrogen) atoms. The number of nitrogens with one attached hydrogen (secondary N) is 1. The van der Waals surface area contributed by atoms with Gasteiger partial charge in [-0.25, -0.2) is 0 Å². The van der Waals surface area contributed by atoms with E-state index in [0.29, 0.717) is 18.5 Å². The monoisotopic (exact) mass is 291 g/mol. The van der Waals surface area contributed by atoms with Gasteiger partial charge in [-0.05, 0) is 37.3 Å². The van der Waals surface area contributed by atoms with E-state index in [4.69, 9.17) is 10.2 Å². The summed E-state index contributed by atoms with van der Waals surface area (Å²) in [6.45, 7) is 5.31. The number of primary amides is 1. The maximum absolute atomic E-state index is 10.9. The topological polar surface area (TPSA) is 71.5 Å². The molecule has 116 valence electrons. The quantitative estimate of drug-likeness (QED) is 0.832. The Balaban J connectivity index is 1.40. The van der Waals surface area contributed by atoms with Crippen molar-refractivity contribution in [2.75, 3.05) is 19.6 Å². The van der Waals surface area contributed by atoms with E-state index < -0.39 is 0 Å². The van der Waals surface area contributed by atoms with Crippen molar-refractivity contribution in [3.8, 4) is 0 Å². The molecule has 5 nitrogen and oxygen atoms in total. The molecule has 1 saturated heterocycles. The molecule has 0 radical (unpaired) electrons. The summed E-state index contributed by atoms with van der Waals surface area (Å²) in [5.41, 5.74) is 5.23. The summed E-state index contributed by atoms with van der Waals surface area (Å²) in [6.07, 6.45) is 3.37. The summed E-state index contributed by atoms with van der Waals surface area (Å²) in [4.78, 5) is 13.0. The molecule has 2 fully saturated rings. The minimum atomic E-state index is -0.237. The predicted octanol–water partition coefficient (Wildman–Crippen LogP) is 1.44. The number of likely N-dealkylation sites (tertiary alicyclic amines) is 1. The summed E-state index contributed by atoms with van der Waals surface area (Å²) < 4.78 is 5.91. The predicted molar refractivity (Wildman–Crippen MR) is 80.7 cm³/mol. The summed E-state index contributed by atoms with van der Waals surface area (Å²) in [5, 5.41) is 3.56. The van der Waals surface area contributed by atoms with Crippen molar-refractivity contribution >= 4 is 5.91 Å². The zero-order valence-electron chi connectivity index (χ0n) is 12.7. The third kappa shape index (κ3) is 3.86. The first-order valence-corrected chi connectivity index (χ1v) is 7.94. The van der Waals surface area contributed by atoms with Gasteiger partial charge < -0.3 is 15.5 Å². The number of amides is 1. The number of hydrogen-bond donors (Lipinski definition) is 2. The molecule has 0 aromatic carbocycles. The lowest BCUT2D eigenvalue weighted by Gasteiger charge is -2.31. The van der Waals surface area contributed by atoms with Crippen molar-refractivity contribution in [3.63, 3.8) is 0 Å². The van der Waals surface area contributed by atoms with Crippen LogP contribution >= 0.6 is 0 Å². The first-order chi connectivity index (χ1) is 10.1. The van der Waals surface area contributed by atoms with Gasteiger partial charge in [0.05, 0.1) is 13.1 Å². The highest BCUT2D eigenvalue weighted by molar-refractivity contribution is 5.75. The second-order valence-electron chi connectivity index (χ2n) is 6.52. The maximum Gasteiger partial charge on any atom is 0.231 e. The number of furan rings is 1. The van der Waals surface area contributed by atoms with E-state index in [2.05, 4.69) is 29.3 Å². The molecule has 5 heteroatoms. The molecule has 2 atom stereocenters. The van der Waals surface area contributed by atoms with Crippen LogP contribution in [0.1, 0.15) is 43.6 Å². The molecule has 3 rings (SSSR count). The maximum atomic E-state index is 10.9. The van der Waals surface area contributed by atoms with E-state index in [9.17, 15) is 4.79 Å². The molecule has 1 aromatic heterocycles. The van der Waals surface area contributed by atoms with Crippen molar-refractivity contribution < 1.29 is 9.21 Å². The van der Waals surface area contributed by atoms with Gasteiger partial charge in [-0.2, -0.15) is 0 Å². The van der Waals surface area contributed by atoms with Crippen LogP contribution in [0.3, 0.4) is 0 Å². The number of piperidine rings is 1. The summed E-state index contributed by atoms with van der Waals surface area (Å²) in [5.74, 6) is 3.38. The molecular weight excluding hydrogens is 266 g/mol. The molecule has 2 heterocycles. The third-order valence-corrected chi connectivity index (χ3v) is 4.69. The minimum Gasteiger partial charge on any atom is -0.464 e. The lowest BCUT2D eigenvalue weighted by molar-refractivity contribution is -0.119. The van der Waals surface area contributed by atoms with Crippen LogP contribution in [-0.2, 0) is 11.3 Å². The molecule has 1 amide bonds. The number of nitrogens with two attached hydrogens (primary N) is 1. The van der Waals surface area contributed by atoms with Crippen LogP contribution in [0, 0.1) is 5.92 Å². The molecule has 2 unspecified atom stereocenters. The Hall–Kier alpha value is -1.33. The minimum absolute atomic E-state index is 0.237. The van der Waals surface area contributed by atoms with E-state index in [0.717, 1.165) is 49.9 Å². The SMILES string of the molecule is CC1CC1c1ccc(CNC2CCN(CC(N)=O)CC2)o1. The standard InChI is InChI=1S/C16H25N3O2/c1-11-8-14(11)15-3-2-13(21-15)9-18-12-4-6-19(7-5-12)10-16(17)20/h2-3,11-12,14,18H,4-10H2,1H3,(H2,17,20). The summed E-state index contributed by atoms with van der Waals surface area (Å²) >= 11 is 0. The van der Waals surface area contributed by atoms with Crippen LogP contribution in [0.2, 0.25) is 0 Å². The van der Waals surface area contributed by atoms with Gasteiger partial charge in [0.2, 0.25) is 5.91 Å². The number of carbonyl (C=O) groups is 1. The van der Waals surface area contributed by atoms with Gasteiger partial charge in [0.25, 0.3) is 0 Å². The van der Waals surface area contributed by atoms with Crippen LogP contribution in [0.4, 0.5) is 0 Å². The van der Waals surface area contributed by atoms with Gasteiger partial charge in [0.15, 0.2) is 0 Å². The Morgan fingerprint density at radius 2 is 2.14 bits per heavy atom. The van der Waals surface area contributed by atoms with E-state index in [1.54, 1.807) is 0 Å². The van der Waals surface area contributed by atoms with Crippen molar-refractivity contribution in [2.45, 2.75) is 44.7 Å². The highest BCUT2D eigenvalue weighted by Gasteiger charge is 2.36. The van der Waals surface area contributed by atoms with Crippen LogP contribution in [0.15, 0.2) is 16.5 Å². The molecule has 1 saturated carbocycles. The van der Waals surface area contributed by atoms with Crippen molar-refractivity contribution in [3.05, 3.63) is 23.7 Å². The Morgan fingerprint density at radius 1 is 1.43 bits per heavy atom. The second kappa shape index (κ2) is 6.20. The average Bonchev–Trinajstić information content (AvgIpc) is 3.00. The van der Waals surface area contributed by atoms with Gasteiger partial charge in [-0.3, -0.25) is 9.69 Å². The zero-order chi connectivity index (χ0) is 14.8. The van der Waals surface area contributed by atoms with Gasteiger partial charge in [0, 0.05) is 25.0 Å². The Bertz CT molecular complexity index is 491. The van der Waals surface area contributed by atoms with Gasteiger partial charge in [-0.15, -0.1) is 0 Å². The highest BCUT2D eigenvalue weighted by atomic mass is 16.3. The molecular formula is C16H25N3O2. The van der Waals surface area contributed by atoms with E-state index in [1.807, 2.05) is 0 Å². The number of hydrogen-bond acceptors (Lipinski definition) is 4. The van der Waals surface area contributed by atoms with Crippen LogP contribution in [-0.4, -0.2) is 36.5 Å². The van der Waals surface area contributed by atoms with E-state index in [1.165, 1.54) is 6.42 Å². The zero-order valence-corrected chi connectivity index (χ0v) is 12.7. The van der Waals surface area contributed by atoms with Gasteiger partial charge >= 0.3 is 0 Å². The third-order valence-electron chi connectivity index (χ3n) is 4.69. The van der Waals surface area contributed by atoms with Crippen LogP contribution < -0.4 is 11.1 Å². The molecule has 0 spiro atoms. The van der Waals surface area contributed by atoms with Crippen molar-refractivity contribution in [2.24, 2.45) is 11.7 Å². The van der Waals surface area contributed by atoms with Crippen molar-refractivity contribution in [1.29, 1.82) is 0 Å². The smallest absolute Gasteiger partial charge is 0.231 e. The lowest BCUT2D eigenvalue weighted by Crippen LogP contribution is -2.45. The normalized spacial score (nSPS) is 26.9. The summed E-state index contributed by atoms with van der Waals surface area (Å²) in [6, 6.07) is 4.72. The fourth-order valence-electron chi connectivity index (χ4n) is 3.17.